The Balaban J connectivity index is 2.98. The van der Waals surface area contributed by atoms with E-state index in [1.807, 2.05) is 7.05 Å². The second kappa shape index (κ2) is 22.2. The lowest BCUT2D eigenvalue weighted by atomic mass is 10.1. The highest BCUT2D eigenvalue weighted by atomic mass is 16.7. The highest BCUT2D eigenvalue weighted by Gasteiger charge is 1.96. The molecular weight excluding hydrogens is 330 g/mol. The minimum Gasteiger partial charge on any atom is -0.450 e. The fourth-order valence-corrected chi connectivity index (χ4v) is 2.87. The first-order valence-electron chi connectivity index (χ1n) is 10.7. The molecule has 6 nitrogen and oxygen atoms in total. The minimum atomic E-state index is -1.17. The molecule has 0 heterocycles. The van der Waals surface area contributed by atoms with Gasteiger partial charge in [0.05, 0.1) is 6.61 Å². The Kier molecular flexibility index (Phi) is 21.5. The smallest absolute Gasteiger partial charge is 0.450 e. The fourth-order valence-electron chi connectivity index (χ4n) is 2.87. The van der Waals surface area contributed by atoms with E-state index in [1.165, 1.54) is 57.9 Å². The van der Waals surface area contributed by atoms with Gasteiger partial charge in [-0.05, 0) is 78.3 Å². The molecule has 0 aromatic carbocycles. The lowest BCUT2D eigenvalue weighted by molar-refractivity contribution is 0.0900. The molecule has 6 heteroatoms. The van der Waals surface area contributed by atoms with Crippen LogP contribution >= 0.6 is 0 Å². The number of ether oxygens (including phenoxy) is 1. The van der Waals surface area contributed by atoms with Gasteiger partial charge in [-0.3, -0.25) is 0 Å². The van der Waals surface area contributed by atoms with Crippen LogP contribution in [0.2, 0.25) is 0 Å². The Hall–Kier alpha value is -0.850. The summed E-state index contributed by atoms with van der Waals surface area (Å²) in [4.78, 5) is 10.2. The first-order chi connectivity index (χ1) is 12.8. The van der Waals surface area contributed by atoms with E-state index in [1.54, 1.807) is 0 Å². The third kappa shape index (κ3) is 23.1. The molecule has 0 aliphatic carbocycles. The molecule has 0 unspecified atom stereocenters. The first kappa shape index (κ1) is 25.1. The number of carbonyl (C=O) groups is 1. The normalized spacial score (nSPS) is 11.0. The Bertz CT molecular complexity index is 291. The van der Waals surface area contributed by atoms with E-state index in [0.29, 0.717) is 6.61 Å². The van der Waals surface area contributed by atoms with E-state index < -0.39 is 6.16 Å². The van der Waals surface area contributed by atoms with Crippen LogP contribution in [0.15, 0.2) is 0 Å². The zero-order valence-electron chi connectivity index (χ0n) is 17.0. The van der Waals surface area contributed by atoms with Crippen molar-refractivity contribution in [3.05, 3.63) is 0 Å². The van der Waals surface area contributed by atoms with Crippen LogP contribution in [0.1, 0.15) is 77.0 Å². The molecule has 0 saturated carbocycles. The van der Waals surface area contributed by atoms with Crippen LogP contribution in [-0.4, -0.2) is 57.6 Å². The summed E-state index contributed by atoms with van der Waals surface area (Å²) in [5.41, 5.74) is 0. The molecule has 0 saturated heterocycles. The molecule has 4 N–H and O–H groups in total. The molecule has 0 aliphatic rings. The second-order valence-corrected chi connectivity index (χ2v) is 6.96. The molecule has 0 spiro atoms. The predicted molar refractivity (Wildman–Crippen MR) is 109 cm³/mol. The standard InChI is InChI=1S/C20H43N3O3/c1-21-14-11-12-18-23-16-9-5-3-2-4-8-15-22-17-10-6-7-13-19-26-20(24)25/h21-23H,2-19H2,1H3,(H,24,25). The molecule has 0 atom stereocenters. The Morgan fingerprint density at radius 3 is 1.50 bits per heavy atom. The van der Waals surface area contributed by atoms with Crippen molar-refractivity contribution in [1.29, 1.82) is 0 Å². The lowest BCUT2D eigenvalue weighted by Crippen LogP contribution is -2.18. The average molecular weight is 374 g/mol. The summed E-state index contributed by atoms with van der Waals surface area (Å²) in [6, 6.07) is 0. The summed E-state index contributed by atoms with van der Waals surface area (Å²) in [5.74, 6) is 0. The average Bonchev–Trinajstić information content (AvgIpc) is 2.62. The van der Waals surface area contributed by atoms with E-state index >= 15 is 0 Å². The summed E-state index contributed by atoms with van der Waals surface area (Å²) in [7, 11) is 2.01. The van der Waals surface area contributed by atoms with Crippen molar-refractivity contribution >= 4 is 6.16 Å². The molecule has 0 bridgehead atoms. The van der Waals surface area contributed by atoms with Crippen LogP contribution in [0.5, 0.6) is 0 Å². The Labute approximate surface area is 160 Å². The van der Waals surface area contributed by atoms with Crippen LogP contribution in [0.3, 0.4) is 0 Å². The van der Waals surface area contributed by atoms with Crippen LogP contribution in [0.4, 0.5) is 4.79 Å². The SMILES string of the molecule is CNCCCCNCCCCCCCCNCCCCCCOC(=O)O. The van der Waals surface area contributed by atoms with Crippen LogP contribution in [0.25, 0.3) is 0 Å². The highest BCUT2D eigenvalue weighted by Crippen LogP contribution is 2.05. The zero-order chi connectivity index (χ0) is 19.1. The van der Waals surface area contributed by atoms with E-state index in [-0.39, 0.29) is 0 Å². The summed E-state index contributed by atoms with van der Waals surface area (Å²) in [6.45, 7) is 5.97. The van der Waals surface area contributed by atoms with Gasteiger partial charge in [-0.2, -0.15) is 0 Å². The van der Waals surface area contributed by atoms with Gasteiger partial charge in [0.15, 0.2) is 0 Å². The molecule has 156 valence electrons. The van der Waals surface area contributed by atoms with Crippen molar-refractivity contribution in [3.63, 3.8) is 0 Å². The highest BCUT2D eigenvalue weighted by molar-refractivity contribution is 5.56. The van der Waals surface area contributed by atoms with E-state index in [0.717, 1.165) is 51.9 Å². The number of nitrogens with one attached hydrogen (secondary N) is 3. The largest absolute Gasteiger partial charge is 0.505 e. The molecule has 0 aliphatic heterocycles. The van der Waals surface area contributed by atoms with Crippen LogP contribution in [0, 0.1) is 0 Å². The second-order valence-electron chi connectivity index (χ2n) is 6.96. The maximum Gasteiger partial charge on any atom is 0.505 e. The summed E-state index contributed by atoms with van der Waals surface area (Å²) < 4.78 is 4.47. The summed E-state index contributed by atoms with van der Waals surface area (Å²) in [5, 5.41) is 18.5. The topological polar surface area (TPSA) is 82.6 Å². The quantitative estimate of drug-likeness (QED) is 0.181. The Morgan fingerprint density at radius 2 is 1.04 bits per heavy atom. The molecule has 0 aromatic heterocycles. The van der Waals surface area contributed by atoms with Crippen molar-refractivity contribution < 1.29 is 14.6 Å². The monoisotopic (exact) mass is 373 g/mol. The van der Waals surface area contributed by atoms with Crippen molar-refractivity contribution in [2.45, 2.75) is 77.0 Å². The lowest BCUT2D eigenvalue weighted by Gasteiger charge is -2.06. The van der Waals surface area contributed by atoms with Crippen molar-refractivity contribution in [1.82, 2.24) is 16.0 Å². The number of rotatable bonds is 21. The third-order valence-corrected chi connectivity index (χ3v) is 4.46. The van der Waals surface area contributed by atoms with Gasteiger partial charge in [0.2, 0.25) is 0 Å². The van der Waals surface area contributed by atoms with Gasteiger partial charge in [0, 0.05) is 0 Å². The van der Waals surface area contributed by atoms with Crippen molar-refractivity contribution in [3.8, 4) is 0 Å². The van der Waals surface area contributed by atoms with Gasteiger partial charge in [0.1, 0.15) is 0 Å². The van der Waals surface area contributed by atoms with Crippen molar-refractivity contribution in [2.75, 3.05) is 46.4 Å². The molecule has 0 fully saturated rings. The van der Waals surface area contributed by atoms with Crippen LogP contribution in [-0.2, 0) is 4.74 Å². The van der Waals surface area contributed by atoms with Crippen molar-refractivity contribution in [2.24, 2.45) is 0 Å². The van der Waals surface area contributed by atoms with E-state index in [9.17, 15) is 4.79 Å². The van der Waals surface area contributed by atoms with Gasteiger partial charge in [-0.1, -0.05) is 38.5 Å². The predicted octanol–water partition coefficient (Wildman–Crippen LogP) is 3.76. The Morgan fingerprint density at radius 1 is 0.654 bits per heavy atom. The molecular formula is C20H43N3O3. The van der Waals surface area contributed by atoms with Gasteiger partial charge in [0.25, 0.3) is 0 Å². The van der Waals surface area contributed by atoms with E-state index in [4.69, 9.17) is 5.11 Å². The minimum absolute atomic E-state index is 0.329. The van der Waals surface area contributed by atoms with E-state index in [2.05, 4.69) is 20.7 Å². The molecule has 0 rings (SSSR count). The van der Waals surface area contributed by atoms with Gasteiger partial charge < -0.3 is 25.8 Å². The first-order valence-corrected chi connectivity index (χ1v) is 10.7. The third-order valence-electron chi connectivity index (χ3n) is 4.46. The maximum atomic E-state index is 10.2. The number of hydrogen-bond donors (Lipinski definition) is 4. The van der Waals surface area contributed by atoms with Gasteiger partial charge in [-0.15, -0.1) is 0 Å². The molecule has 26 heavy (non-hydrogen) atoms. The molecule has 0 radical (unpaired) electrons. The van der Waals surface area contributed by atoms with Gasteiger partial charge in [-0.25, -0.2) is 4.79 Å². The zero-order valence-corrected chi connectivity index (χ0v) is 17.0. The molecule has 0 aromatic rings. The molecule has 0 amide bonds. The number of carboxylic acid groups (broad SMARTS) is 1. The summed E-state index contributed by atoms with van der Waals surface area (Å²) >= 11 is 0. The maximum absolute atomic E-state index is 10.2. The summed E-state index contributed by atoms with van der Waals surface area (Å²) in [6.07, 6.45) is 13.5. The van der Waals surface area contributed by atoms with Gasteiger partial charge >= 0.3 is 6.16 Å². The fraction of sp³-hybridized carbons (Fsp3) is 0.950. The van der Waals surface area contributed by atoms with Crippen LogP contribution < -0.4 is 16.0 Å². The number of hydrogen-bond acceptors (Lipinski definition) is 5. The number of unbranched alkanes of at least 4 members (excludes halogenated alkanes) is 9.